The van der Waals surface area contributed by atoms with Crippen molar-refractivity contribution in [1.82, 2.24) is 0 Å². The molecule has 4 nitrogen and oxygen atoms in total. The van der Waals surface area contributed by atoms with Crippen LogP contribution in [0, 0.1) is 17.2 Å². The maximum Gasteiger partial charge on any atom is 0.308 e. The van der Waals surface area contributed by atoms with Crippen LogP contribution >= 0.6 is 0 Å². The summed E-state index contributed by atoms with van der Waals surface area (Å²) in [4.78, 5) is 12.8. The zero-order valence-electron chi connectivity index (χ0n) is 10.3. The van der Waals surface area contributed by atoms with E-state index in [0.717, 1.165) is 5.69 Å². The van der Waals surface area contributed by atoms with E-state index in [1.54, 1.807) is 25.1 Å². The molecule has 0 bridgehead atoms. The Morgan fingerprint density at radius 2 is 2.28 bits per heavy atom. The van der Waals surface area contributed by atoms with E-state index in [9.17, 15) is 4.79 Å². The molecule has 94 valence electrons. The Bertz CT molecular complexity index is 477. The lowest BCUT2D eigenvalue weighted by Crippen LogP contribution is -2.32. The van der Waals surface area contributed by atoms with Crippen LogP contribution in [0.1, 0.15) is 12.5 Å². The van der Waals surface area contributed by atoms with E-state index in [0.29, 0.717) is 18.7 Å². The van der Waals surface area contributed by atoms with Gasteiger partial charge in [0.25, 0.3) is 0 Å². The molecule has 1 N–H and O–H groups in total. The summed E-state index contributed by atoms with van der Waals surface area (Å²) in [6, 6.07) is 9.27. The Morgan fingerprint density at radius 1 is 1.61 bits per heavy atom. The highest BCUT2D eigenvalue weighted by Gasteiger charge is 2.17. The number of hydrogen-bond donors (Lipinski definition) is 1. The van der Waals surface area contributed by atoms with Crippen molar-refractivity contribution in [3.63, 3.8) is 0 Å². The Labute approximate surface area is 107 Å². The molecule has 0 aliphatic rings. The Balaban J connectivity index is 3.01. The van der Waals surface area contributed by atoms with Crippen molar-refractivity contribution >= 4 is 11.7 Å². The maximum atomic E-state index is 10.9. The largest absolute Gasteiger partial charge is 0.481 e. The van der Waals surface area contributed by atoms with Gasteiger partial charge in [0, 0.05) is 13.1 Å². The van der Waals surface area contributed by atoms with E-state index in [1.165, 1.54) is 0 Å². The summed E-state index contributed by atoms with van der Waals surface area (Å²) >= 11 is 0. The van der Waals surface area contributed by atoms with Crippen LogP contribution in [-0.4, -0.2) is 24.2 Å². The zero-order valence-corrected chi connectivity index (χ0v) is 10.3. The van der Waals surface area contributed by atoms with E-state index in [4.69, 9.17) is 10.4 Å². The number of nitrogens with zero attached hydrogens (tertiary/aromatic N) is 2. The maximum absolute atomic E-state index is 10.9. The van der Waals surface area contributed by atoms with Gasteiger partial charge >= 0.3 is 5.97 Å². The molecular formula is C14H16N2O2. The predicted octanol–water partition coefficient (Wildman–Crippen LogP) is 2.27. The third-order valence-electron chi connectivity index (χ3n) is 2.63. The van der Waals surface area contributed by atoms with E-state index < -0.39 is 11.9 Å². The molecule has 1 rings (SSSR count). The number of aliphatic carboxylic acids is 1. The summed E-state index contributed by atoms with van der Waals surface area (Å²) in [5.74, 6) is -1.35. The minimum Gasteiger partial charge on any atom is -0.481 e. The average Bonchev–Trinajstić information content (AvgIpc) is 2.38. The molecule has 0 aromatic heterocycles. The van der Waals surface area contributed by atoms with Crippen molar-refractivity contribution in [1.29, 1.82) is 5.26 Å². The fraction of sp³-hybridized carbons (Fsp3) is 0.286. The normalized spacial score (nSPS) is 11.3. The van der Waals surface area contributed by atoms with Gasteiger partial charge in [0.05, 0.1) is 17.2 Å². The van der Waals surface area contributed by atoms with Crippen molar-refractivity contribution in [2.75, 3.05) is 18.0 Å². The monoisotopic (exact) mass is 244 g/mol. The smallest absolute Gasteiger partial charge is 0.308 e. The molecule has 0 fully saturated rings. The molecule has 0 saturated heterocycles. The number of carboxylic acids is 1. The lowest BCUT2D eigenvalue weighted by atomic mass is 10.1. The molecule has 1 atom stereocenters. The van der Waals surface area contributed by atoms with Crippen LogP contribution in [0.15, 0.2) is 36.9 Å². The summed E-state index contributed by atoms with van der Waals surface area (Å²) in [7, 11) is 0. The minimum atomic E-state index is -0.849. The molecule has 0 aliphatic heterocycles. The van der Waals surface area contributed by atoms with Crippen LogP contribution in [0.5, 0.6) is 0 Å². The van der Waals surface area contributed by atoms with Crippen molar-refractivity contribution < 1.29 is 9.90 Å². The van der Waals surface area contributed by atoms with Gasteiger partial charge in [-0.3, -0.25) is 4.79 Å². The first-order valence-electron chi connectivity index (χ1n) is 5.68. The highest BCUT2D eigenvalue weighted by molar-refractivity contribution is 5.71. The first kappa shape index (κ1) is 13.8. The molecule has 0 saturated carbocycles. The Hall–Kier alpha value is -2.28. The van der Waals surface area contributed by atoms with E-state index in [1.807, 2.05) is 17.0 Å². The highest BCUT2D eigenvalue weighted by Crippen LogP contribution is 2.20. The third kappa shape index (κ3) is 3.36. The molecule has 1 aromatic rings. The fourth-order valence-electron chi connectivity index (χ4n) is 1.68. The average molecular weight is 244 g/mol. The molecule has 1 aromatic carbocycles. The summed E-state index contributed by atoms with van der Waals surface area (Å²) in [5.41, 5.74) is 1.28. The SMILES string of the molecule is C=CCN(CC(C)C(=O)O)c1ccccc1C#N. The van der Waals surface area contributed by atoms with Gasteiger partial charge in [-0.15, -0.1) is 6.58 Å². The van der Waals surface area contributed by atoms with Gasteiger partial charge in [-0.2, -0.15) is 5.26 Å². The van der Waals surface area contributed by atoms with Gasteiger partial charge < -0.3 is 10.0 Å². The molecule has 0 spiro atoms. The van der Waals surface area contributed by atoms with Crippen LogP contribution in [0.2, 0.25) is 0 Å². The van der Waals surface area contributed by atoms with Gasteiger partial charge in [-0.25, -0.2) is 0 Å². The lowest BCUT2D eigenvalue weighted by molar-refractivity contribution is -0.140. The molecule has 18 heavy (non-hydrogen) atoms. The van der Waals surface area contributed by atoms with Crippen molar-refractivity contribution in [2.24, 2.45) is 5.92 Å². The summed E-state index contributed by atoms with van der Waals surface area (Å²) in [5, 5.41) is 18.0. The van der Waals surface area contributed by atoms with Gasteiger partial charge in [-0.1, -0.05) is 25.1 Å². The highest BCUT2D eigenvalue weighted by atomic mass is 16.4. The number of rotatable bonds is 6. The molecular weight excluding hydrogens is 228 g/mol. The topological polar surface area (TPSA) is 64.3 Å². The van der Waals surface area contributed by atoms with Gasteiger partial charge in [0.15, 0.2) is 0 Å². The number of anilines is 1. The second-order valence-electron chi connectivity index (χ2n) is 4.06. The van der Waals surface area contributed by atoms with Crippen molar-refractivity contribution in [3.05, 3.63) is 42.5 Å². The predicted molar refractivity (Wildman–Crippen MR) is 70.4 cm³/mol. The standard InChI is InChI=1S/C14H16N2O2/c1-3-8-16(10-11(2)14(17)18)13-7-5-4-6-12(13)9-15/h3-7,11H,1,8,10H2,2H3,(H,17,18). The second-order valence-corrected chi connectivity index (χ2v) is 4.06. The number of carbonyl (C=O) groups is 1. The number of hydrogen-bond acceptors (Lipinski definition) is 3. The first-order valence-corrected chi connectivity index (χ1v) is 5.68. The quantitative estimate of drug-likeness (QED) is 0.780. The van der Waals surface area contributed by atoms with E-state index in [2.05, 4.69) is 12.6 Å². The number of para-hydroxylation sites is 1. The molecule has 0 aliphatic carbocycles. The summed E-state index contributed by atoms with van der Waals surface area (Å²) in [6.45, 7) is 6.17. The van der Waals surface area contributed by atoms with Gasteiger partial charge in [0.1, 0.15) is 6.07 Å². The summed E-state index contributed by atoms with van der Waals surface area (Å²) < 4.78 is 0. The number of nitriles is 1. The van der Waals surface area contributed by atoms with Gasteiger partial charge in [0.2, 0.25) is 0 Å². The summed E-state index contributed by atoms with van der Waals surface area (Å²) in [6.07, 6.45) is 1.70. The molecule has 0 heterocycles. The van der Waals surface area contributed by atoms with E-state index in [-0.39, 0.29) is 0 Å². The lowest BCUT2D eigenvalue weighted by Gasteiger charge is -2.26. The van der Waals surface area contributed by atoms with Crippen molar-refractivity contribution in [3.8, 4) is 6.07 Å². The fourth-order valence-corrected chi connectivity index (χ4v) is 1.68. The first-order chi connectivity index (χ1) is 8.60. The molecule has 4 heteroatoms. The molecule has 0 amide bonds. The Morgan fingerprint density at radius 3 is 2.83 bits per heavy atom. The number of benzene rings is 1. The zero-order chi connectivity index (χ0) is 13.5. The van der Waals surface area contributed by atoms with Crippen LogP contribution in [0.3, 0.4) is 0 Å². The van der Waals surface area contributed by atoms with Gasteiger partial charge in [-0.05, 0) is 12.1 Å². The number of carboxylic acid groups (broad SMARTS) is 1. The van der Waals surface area contributed by atoms with Crippen molar-refractivity contribution in [2.45, 2.75) is 6.92 Å². The second kappa shape index (κ2) is 6.45. The third-order valence-corrected chi connectivity index (χ3v) is 2.63. The molecule has 0 radical (unpaired) electrons. The van der Waals surface area contributed by atoms with Crippen LogP contribution in [-0.2, 0) is 4.79 Å². The van der Waals surface area contributed by atoms with Crippen LogP contribution in [0.4, 0.5) is 5.69 Å². The van der Waals surface area contributed by atoms with E-state index >= 15 is 0 Å². The Kier molecular flexibility index (Phi) is 4.94. The van der Waals surface area contributed by atoms with Crippen LogP contribution < -0.4 is 4.90 Å². The molecule has 1 unspecified atom stereocenters. The minimum absolute atomic E-state index is 0.347. The van der Waals surface area contributed by atoms with Crippen LogP contribution in [0.25, 0.3) is 0 Å².